The van der Waals surface area contributed by atoms with Crippen molar-refractivity contribution in [1.82, 2.24) is 5.43 Å². The first-order chi connectivity index (χ1) is 11.1. The zero-order valence-electron chi connectivity index (χ0n) is 13.8. The second-order valence-electron chi connectivity index (χ2n) is 5.66. The number of nitrogens with one attached hydrogen (secondary N) is 1. The van der Waals surface area contributed by atoms with Gasteiger partial charge < -0.3 is 0 Å². The van der Waals surface area contributed by atoms with Gasteiger partial charge >= 0.3 is 0 Å². The van der Waals surface area contributed by atoms with E-state index < -0.39 is 0 Å². The summed E-state index contributed by atoms with van der Waals surface area (Å²) < 4.78 is 0. The Balaban J connectivity index is 2.12. The van der Waals surface area contributed by atoms with E-state index in [0.717, 1.165) is 12.8 Å². The van der Waals surface area contributed by atoms with Crippen LogP contribution in [0.25, 0.3) is 0 Å². The Hall–Kier alpha value is -1.06. The van der Waals surface area contributed by atoms with E-state index in [2.05, 4.69) is 17.5 Å². The Labute approximate surface area is 149 Å². The van der Waals surface area contributed by atoms with E-state index in [0.29, 0.717) is 22.0 Å². The van der Waals surface area contributed by atoms with Crippen molar-refractivity contribution in [3.05, 3.63) is 33.8 Å². The molecule has 0 atom stereocenters. The Morgan fingerprint density at radius 2 is 1.74 bits per heavy atom. The molecule has 0 unspecified atom stereocenters. The Bertz CT molecular complexity index is 504. The third kappa shape index (κ3) is 8.97. The van der Waals surface area contributed by atoms with Crippen molar-refractivity contribution < 1.29 is 4.79 Å². The van der Waals surface area contributed by atoms with Crippen LogP contribution in [0, 0.1) is 0 Å². The molecule has 1 N–H and O–H groups in total. The van der Waals surface area contributed by atoms with E-state index in [9.17, 15) is 4.79 Å². The molecular formula is C18H26Cl2N2O. The van der Waals surface area contributed by atoms with Gasteiger partial charge in [0.25, 0.3) is 0 Å². The fraction of sp³-hybridized carbons (Fsp3) is 0.556. The van der Waals surface area contributed by atoms with Crippen LogP contribution in [0.15, 0.2) is 23.3 Å². The molecule has 23 heavy (non-hydrogen) atoms. The number of rotatable bonds is 11. The molecule has 0 aliphatic heterocycles. The van der Waals surface area contributed by atoms with E-state index in [1.54, 1.807) is 18.2 Å². The number of benzene rings is 1. The van der Waals surface area contributed by atoms with Gasteiger partial charge in [-0.05, 0) is 12.5 Å². The summed E-state index contributed by atoms with van der Waals surface area (Å²) in [4.78, 5) is 11.7. The lowest BCUT2D eigenvalue weighted by Crippen LogP contribution is -2.16. The smallest absolute Gasteiger partial charge is 0.240 e. The van der Waals surface area contributed by atoms with Crippen LogP contribution in [0.4, 0.5) is 0 Å². The zero-order valence-corrected chi connectivity index (χ0v) is 15.3. The minimum absolute atomic E-state index is 0.0645. The number of nitrogens with zero attached hydrogens (tertiary/aromatic N) is 1. The van der Waals surface area contributed by atoms with Gasteiger partial charge in [-0.1, -0.05) is 87.2 Å². The van der Waals surface area contributed by atoms with Gasteiger partial charge in [0.2, 0.25) is 5.91 Å². The van der Waals surface area contributed by atoms with Crippen molar-refractivity contribution in [3.8, 4) is 0 Å². The van der Waals surface area contributed by atoms with Crippen LogP contribution < -0.4 is 5.43 Å². The van der Waals surface area contributed by atoms with Crippen molar-refractivity contribution in [2.75, 3.05) is 0 Å². The van der Waals surface area contributed by atoms with Crippen LogP contribution in [0.3, 0.4) is 0 Å². The number of unbranched alkanes of at least 4 members (excludes halogenated alkanes) is 7. The van der Waals surface area contributed by atoms with Gasteiger partial charge in [0, 0.05) is 12.0 Å². The highest BCUT2D eigenvalue weighted by atomic mass is 35.5. The molecule has 1 aromatic rings. The molecule has 0 saturated heterocycles. The van der Waals surface area contributed by atoms with Crippen LogP contribution in [0.1, 0.15) is 70.3 Å². The first-order valence-corrected chi connectivity index (χ1v) is 9.16. The number of hydrogen-bond donors (Lipinski definition) is 1. The van der Waals surface area contributed by atoms with E-state index >= 15 is 0 Å². The molecule has 128 valence electrons. The fourth-order valence-corrected chi connectivity index (χ4v) is 2.63. The molecule has 5 heteroatoms. The molecule has 3 nitrogen and oxygen atoms in total. The lowest BCUT2D eigenvalue weighted by atomic mass is 10.1. The normalized spacial score (nSPS) is 11.1. The Kier molecular flexibility index (Phi) is 10.8. The van der Waals surface area contributed by atoms with Gasteiger partial charge in [0.05, 0.1) is 16.3 Å². The van der Waals surface area contributed by atoms with Crippen LogP contribution in [-0.2, 0) is 4.79 Å². The van der Waals surface area contributed by atoms with Gasteiger partial charge in [0.1, 0.15) is 0 Å². The summed E-state index contributed by atoms with van der Waals surface area (Å²) in [7, 11) is 0. The molecule has 0 aliphatic carbocycles. The first-order valence-electron chi connectivity index (χ1n) is 8.41. The predicted molar refractivity (Wildman–Crippen MR) is 99.4 cm³/mol. The highest BCUT2D eigenvalue weighted by Gasteiger charge is 2.02. The van der Waals surface area contributed by atoms with Crippen LogP contribution in [-0.4, -0.2) is 12.1 Å². The second kappa shape index (κ2) is 12.4. The monoisotopic (exact) mass is 356 g/mol. The molecule has 0 aromatic heterocycles. The molecule has 1 amide bonds. The van der Waals surface area contributed by atoms with E-state index in [1.165, 1.54) is 44.7 Å². The predicted octanol–water partition coefficient (Wildman–Crippen LogP) is 5.97. The fourth-order valence-electron chi connectivity index (χ4n) is 2.27. The van der Waals surface area contributed by atoms with Crippen molar-refractivity contribution >= 4 is 35.3 Å². The summed E-state index contributed by atoms with van der Waals surface area (Å²) in [5.74, 6) is -0.0645. The number of carbonyl (C=O) groups excluding carboxylic acids is 1. The number of hydrazone groups is 1. The Morgan fingerprint density at radius 3 is 2.43 bits per heavy atom. The second-order valence-corrected chi connectivity index (χ2v) is 6.45. The standard InChI is InChI=1S/C18H26Cl2N2O/c1-2-3-4-5-6-7-8-9-13-17(23)22-21-14-15-11-10-12-16(19)18(15)20/h10-12,14H,2-9,13H2,1H3,(H,22,23). The van der Waals surface area contributed by atoms with Crippen molar-refractivity contribution in [3.63, 3.8) is 0 Å². The molecule has 0 saturated carbocycles. The maximum atomic E-state index is 11.7. The molecule has 0 radical (unpaired) electrons. The van der Waals surface area contributed by atoms with Gasteiger partial charge in [-0.2, -0.15) is 5.10 Å². The van der Waals surface area contributed by atoms with Crippen molar-refractivity contribution in [2.45, 2.75) is 64.7 Å². The summed E-state index contributed by atoms with van der Waals surface area (Å²) in [5.41, 5.74) is 3.21. The molecule has 0 spiro atoms. The third-order valence-electron chi connectivity index (χ3n) is 3.63. The molecule has 0 heterocycles. The minimum atomic E-state index is -0.0645. The summed E-state index contributed by atoms with van der Waals surface area (Å²) in [6, 6.07) is 5.29. The highest BCUT2D eigenvalue weighted by Crippen LogP contribution is 2.24. The average molecular weight is 357 g/mol. The largest absolute Gasteiger partial charge is 0.273 e. The average Bonchev–Trinajstić information content (AvgIpc) is 2.54. The quantitative estimate of drug-likeness (QED) is 0.296. The molecule has 0 bridgehead atoms. The van der Waals surface area contributed by atoms with Crippen LogP contribution in [0.2, 0.25) is 10.0 Å². The van der Waals surface area contributed by atoms with E-state index in [1.807, 2.05) is 0 Å². The van der Waals surface area contributed by atoms with Crippen LogP contribution in [0.5, 0.6) is 0 Å². The lowest BCUT2D eigenvalue weighted by Gasteiger charge is -2.02. The van der Waals surface area contributed by atoms with Gasteiger partial charge in [-0.15, -0.1) is 0 Å². The summed E-state index contributed by atoms with van der Waals surface area (Å²) in [6.45, 7) is 2.22. The topological polar surface area (TPSA) is 41.5 Å². The summed E-state index contributed by atoms with van der Waals surface area (Å²) in [6.07, 6.45) is 11.8. The Morgan fingerprint density at radius 1 is 1.09 bits per heavy atom. The number of hydrogen-bond acceptors (Lipinski definition) is 2. The van der Waals surface area contributed by atoms with Gasteiger partial charge in [0.15, 0.2) is 0 Å². The molecule has 1 rings (SSSR count). The third-order valence-corrected chi connectivity index (χ3v) is 4.47. The molecular weight excluding hydrogens is 331 g/mol. The minimum Gasteiger partial charge on any atom is -0.273 e. The van der Waals surface area contributed by atoms with Crippen LogP contribution >= 0.6 is 23.2 Å². The van der Waals surface area contributed by atoms with Gasteiger partial charge in [-0.25, -0.2) is 5.43 Å². The number of carbonyl (C=O) groups is 1. The zero-order chi connectivity index (χ0) is 16.9. The summed E-state index contributed by atoms with van der Waals surface area (Å²) >= 11 is 11.9. The summed E-state index contributed by atoms with van der Waals surface area (Å²) in [5, 5.41) is 4.84. The lowest BCUT2D eigenvalue weighted by molar-refractivity contribution is -0.121. The SMILES string of the molecule is CCCCCCCCCCC(=O)NN=Cc1cccc(Cl)c1Cl. The molecule has 0 aliphatic rings. The van der Waals surface area contributed by atoms with Crippen molar-refractivity contribution in [1.29, 1.82) is 0 Å². The van der Waals surface area contributed by atoms with E-state index in [4.69, 9.17) is 23.2 Å². The number of amides is 1. The van der Waals surface area contributed by atoms with Gasteiger partial charge in [-0.3, -0.25) is 4.79 Å². The number of halogens is 2. The molecule has 1 aromatic carbocycles. The first kappa shape index (κ1) is 20.0. The maximum Gasteiger partial charge on any atom is 0.240 e. The molecule has 0 fully saturated rings. The maximum absolute atomic E-state index is 11.7. The highest BCUT2D eigenvalue weighted by molar-refractivity contribution is 6.43. The van der Waals surface area contributed by atoms with Crippen molar-refractivity contribution in [2.24, 2.45) is 5.10 Å². The van der Waals surface area contributed by atoms with E-state index in [-0.39, 0.29) is 5.91 Å².